The molecule has 9 nitrogen and oxygen atoms in total. The standard InChI is InChI=1S/C24H33N5O4/c1-18(2)31-24(30)33-29-14-10-21(11-15-29)32-23-16-22(25-17-26-23)27-19-6-8-20(9-7-19)28-12-4-3-5-13-28/h6-9,16-18,21H,3-5,10-15H2,1-2H3,(H,25,26,27). The molecule has 3 heterocycles. The summed E-state index contributed by atoms with van der Waals surface area (Å²) in [6, 6.07) is 10.3. The third kappa shape index (κ3) is 6.95. The molecule has 1 N–H and O–H groups in total. The zero-order chi connectivity index (χ0) is 23.0. The lowest BCUT2D eigenvalue weighted by molar-refractivity contribution is -0.151. The van der Waals surface area contributed by atoms with Crippen LogP contribution in [0.4, 0.5) is 22.0 Å². The molecule has 4 rings (SSSR count). The van der Waals surface area contributed by atoms with Crippen LogP contribution in [-0.2, 0) is 9.57 Å². The number of aromatic nitrogens is 2. The second-order valence-electron chi connectivity index (χ2n) is 8.72. The van der Waals surface area contributed by atoms with E-state index in [1.807, 2.05) is 0 Å². The fraction of sp³-hybridized carbons (Fsp3) is 0.542. The minimum absolute atomic E-state index is 0.00227. The molecule has 2 saturated heterocycles. The molecule has 2 aliphatic heterocycles. The Labute approximate surface area is 195 Å². The first-order chi connectivity index (χ1) is 16.0. The van der Waals surface area contributed by atoms with E-state index in [2.05, 4.69) is 44.5 Å². The number of carbonyl (C=O) groups excluding carboxylic acids is 1. The minimum Gasteiger partial charge on any atom is -0.474 e. The molecule has 0 atom stereocenters. The molecule has 2 fully saturated rings. The first-order valence-corrected chi connectivity index (χ1v) is 11.8. The zero-order valence-corrected chi connectivity index (χ0v) is 19.4. The van der Waals surface area contributed by atoms with Gasteiger partial charge in [-0.15, -0.1) is 5.06 Å². The topological polar surface area (TPSA) is 89.0 Å². The van der Waals surface area contributed by atoms with E-state index >= 15 is 0 Å². The van der Waals surface area contributed by atoms with Gasteiger partial charge in [0.15, 0.2) is 0 Å². The van der Waals surface area contributed by atoms with E-state index in [0.29, 0.717) is 24.8 Å². The van der Waals surface area contributed by atoms with Crippen LogP contribution >= 0.6 is 0 Å². The molecule has 0 bridgehead atoms. The smallest absolute Gasteiger partial charge is 0.474 e. The highest BCUT2D eigenvalue weighted by Crippen LogP contribution is 2.25. The number of hydrogen-bond acceptors (Lipinski definition) is 9. The maximum atomic E-state index is 11.6. The number of carbonyl (C=O) groups is 1. The van der Waals surface area contributed by atoms with E-state index in [-0.39, 0.29) is 12.2 Å². The van der Waals surface area contributed by atoms with Crippen LogP contribution in [0.1, 0.15) is 46.0 Å². The quantitative estimate of drug-likeness (QED) is 0.605. The van der Waals surface area contributed by atoms with Crippen LogP contribution in [0, 0.1) is 0 Å². The first-order valence-electron chi connectivity index (χ1n) is 11.8. The van der Waals surface area contributed by atoms with Gasteiger partial charge in [-0.2, -0.15) is 0 Å². The van der Waals surface area contributed by atoms with Crippen molar-refractivity contribution in [2.24, 2.45) is 0 Å². The predicted octanol–water partition coefficient (Wildman–Crippen LogP) is 4.53. The third-order valence-corrected chi connectivity index (χ3v) is 5.73. The summed E-state index contributed by atoms with van der Waals surface area (Å²) in [4.78, 5) is 27.9. The van der Waals surface area contributed by atoms with Gasteiger partial charge in [0.1, 0.15) is 18.2 Å². The number of nitrogens with one attached hydrogen (secondary N) is 1. The van der Waals surface area contributed by atoms with Crippen LogP contribution in [0.3, 0.4) is 0 Å². The Bertz CT molecular complexity index is 894. The third-order valence-electron chi connectivity index (χ3n) is 5.73. The van der Waals surface area contributed by atoms with E-state index in [4.69, 9.17) is 14.3 Å². The highest BCUT2D eigenvalue weighted by atomic mass is 16.8. The number of ether oxygens (including phenoxy) is 2. The molecule has 178 valence electrons. The molecular formula is C24H33N5O4. The molecule has 0 amide bonds. The molecule has 1 aromatic carbocycles. The van der Waals surface area contributed by atoms with Crippen LogP contribution in [-0.4, -0.2) is 59.6 Å². The van der Waals surface area contributed by atoms with Crippen LogP contribution in [0.15, 0.2) is 36.7 Å². The van der Waals surface area contributed by atoms with Gasteiger partial charge in [0.05, 0.1) is 6.10 Å². The highest BCUT2D eigenvalue weighted by molar-refractivity contribution is 5.61. The van der Waals surface area contributed by atoms with Crippen molar-refractivity contribution in [2.45, 2.75) is 58.2 Å². The van der Waals surface area contributed by atoms with E-state index in [1.54, 1.807) is 25.0 Å². The van der Waals surface area contributed by atoms with E-state index in [0.717, 1.165) is 31.6 Å². The van der Waals surface area contributed by atoms with Crippen LogP contribution in [0.2, 0.25) is 0 Å². The van der Waals surface area contributed by atoms with Crippen LogP contribution in [0.25, 0.3) is 0 Å². The molecule has 0 spiro atoms. The molecule has 33 heavy (non-hydrogen) atoms. The second-order valence-corrected chi connectivity index (χ2v) is 8.72. The number of hydroxylamine groups is 2. The van der Waals surface area contributed by atoms with E-state index in [9.17, 15) is 4.79 Å². The molecular weight excluding hydrogens is 422 g/mol. The normalized spacial score (nSPS) is 17.6. The lowest BCUT2D eigenvalue weighted by Crippen LogP contribution is -2.40. The molecule has 0 aliphatic carbocycles. The van der Waals surface area contributed by atoms with Crippen molar-refractivity contribution < 1.29 is 19.1 Å². The number of anilines is 3. The maximum absolute atomic E-state index is 11.6. The monoisotopic (exact) mass is 455 g/mol. The van der Waals surface area contributed by atoms with Gasteiger partial charge < -0.3 is 24.5 Å². The number of hydrogen-bond donors (Lipinski definition) is 1. The predicted molar refractivity (Wildman–Crippen MR) is 126 cm³/mol. The summed E-state index contributed by atoms with van der Waals surface area (Å²) in [7, 11) is 0. The molecule has 0 unspecified atom stereocenters. The molecule has 9 heteroatoms. The van der Waals surface area contributed by atoms with Crippen molar-refractivity contribution in [2.75, 3.05) is 36.4 Å². The summed E-state index contributed by atoms with van der Waals surface area (Å²) in [5.41, 5.74) is 2.24. The molecule has 2 aromatic rings. The Morgan fingerprint density at radius 3 is 2.45 bits per heavy atom. The van der Waals surface area contributed by atoms with Gasteiger partial charge in [-0.25, -0.2) is 14.8 Å². The highest BCUT2D eigenvalue weighted by Gasteiger charge is 2.24. The van der Waals surface area contributed by atoms with Crippen molar-refractivity contribution in [3.63, 3.8) is 0 Å². The number of piperidine rings is 2. The molecule has 0 saturated carbocycles. The average molecular weight is 456 g/mol. The second kappa shape index (κ2) is 11.2. The maximum Gasteiger partial charge on any atom is 0.528 e. The summed E-state index contributed by atoms with van der Waals surface area (Å²) in [6.45, 7) is 7.00. The average Bonchev–Trinajstić information content (AvgIpc) is 2.81. The fourth-order valence-electron chi connectivity index (χ4n) is 4.06. The molecule has 1 aromatic heterocycles. The molecule has 0 radical (unpaired) electrons. The lowest BCUT2D eigenvalue weighted by atomic mass is 10.1. The summed E-state index contributed by atoms with van der Waals surface area (Å²) >= 11 is 0. The molecule has 2 aliphatic rings. The Hall–Kier alpha value is -3.07. The van der Waals surface area contributed by atoms with Crippen molar-refractivity contribution in [1.29, 1.82) is 0 Å². The van der Waals surface area contributed by atoms with Gasteiger partial charge in [0, 0.05) is 56.5 Å². The van der Waals surface area contributed by atoms with Gasteiger partial charge in [-0.3, -0.25) is 0 Å². The fourth-order valence-corrected chi connectivity index (χ4v) is 4.06. The Morgan fingerprint density at radius 1 is 1.03 bits per heavy atom. The lowest BCUT2D eigenvalue weighted by Gasteiger charge is -2.30. The number of nitrogens with zero attached hydrogens (tertiary/aromatic N) is 4. The van der Waals surface area contributed by atoms with Gasteiger partial charge in [-0.1, -0.05) is 0 Å². The first kappa shape index (κ1) is 23.1. The van der Waals surface area contributed by atoms with Crippen molar-refractivity contribution in [1.82, 2.24) is 15.0 Å². The van der Waals surface area contributed by atoms with Crippen molar-refractivity contribution in [3.05, 3.63) is 36.7 Å². The number of rotatable bonds is 7. The van der Waals surface area contributed by atoms with Crippen molar-refractivity contribution >= 4 is 23.3 Å². The summed E-state index contributed by atoms with van der Waals surface area (Å²) < 4.78 is 11.1. The summed E-state index contributed by atoms with van der Waals surface area (Å²) in [6.07, 6.45) is 5.93. The van der Waals surface area contributed by atoms with Gasteiger partial charge in [0.25, 0.3) is 0 Å². The van der Waals surface area contributed by atoms with Crippen LogP contribution in [0.5, 0.6) is 5.88 Å². The minimum atomic E-state index is -0.667. The Balaban J connectivity index is 1.26. The number of benzene rings is 1. The van der Waals surface area contributed by atoms with Crippen molar-refractivity contribution in [3.8, 4) is 5.88 Å². The van der Waals surface area contributed by atoms with Crippen LogP contribution < -0.4 is 15.0 Å². The largest absolute Gasteiger partial charge is 0.528 e. The van der Waals surface area contributed by atoms with E-state index < -0.39 is 6.16 Å². The Kier molecular flexibility index (Phi) is 7.83. The Morgan fingerprint density at radius 2 is 1.76 bits per heavy atom. The zero-order valence-electron chi connectivity index (χ0n) is 19.4. The summed E-state index contributed by atoms with van der Waals surface area (Å²) in [5, 5.41) is 4.94. The van der Waals surface area contributed by atoms with E-state index in [1.165, 1.54) is 31.3 Å². The van der Waals surface area contributed by atoms with Gasteiger partial charge in [-0.05, 0) is 57.4 Å². The van der Waals surface area contributed by atoms with Gasteiger partial charge >= 0.3 is 6.16 Å². The van der Waals surface area contributed by atoms with Gasteiger partial charge in [0.2, 0.25) is 5.88 Å². The summed E-state index contributed by atoms with van der Waals surface area (Å²) in [5.74, 6) is 1.21. The SMILES string of the molecule is CC(C)OC(=O)ON1CCC(Oc2cc(Nc3ccc(N4CCCCC4)cc3)ncn2)CC1.